The monoisotopic (exact) mass is 436 g/mol. The van der Waals surface area contributed by atoms with Gasteiger partial charge in [0, 0.05) is 24.7 Å². The number of aliphatic hydroxyl groups is 1. The SMILES string of the molecule is C[C@](O)(C(=O)N1CCc2cc(Cl)cc([C@@H]3COCCN3C(=O)O)c2C1)C(F)(F)F. The van der Waals surface area contributed by atoms with Crippen molar-refractivity contribution in [3.63, 3.8) is 0 Å². The van der Waals surface area contributed by atoms with Gasteiger partial charge in [0.15, 0.2) is 0 Å². The number of alkyl halides is 3. The lowest BCUT2D eigenvalue weighted by Crippen LogP contribution is -2.57. The third kappa shape index (κ3) is 4.01. The highest BCUT2D eigenvalue weighted by molar-refractivity contribution is 6.30. The van der Waals surface area contributed by atoms with Gasteiger partial charge in [-0.2, -0.15) is 13.2 Å². The van der Waals surface area contributed by atoms with Crippen molar-refractivity contribution in [3.05, 3.63) is 33.8 Å². The summed E-state index contributed by atoms with van der Waals surface area (Å²) in [6.45, 7) is 0.623. The second kappa shape index (κ2) is 7.66. The van der Waals surface area contributed by atoms with Crippen molar-refractivity contribution in [1.82, 2.24) is 9.80 Å². The minimum atomic E-state index is -5.12. The summed E-state index contributed by atoms with van der Waals surface area (Å²) >= 11 is 6.18. The van der Waals surface area contributed by atoms with Crippen LogP contribution >= 0.6 is 11.6 Å². The first kappa shape index (κ1) is 21.7. The molecule has 0 aliphatic carbocycles. The summed E-state index contributed by atoms with van der Waals surface area (Å²) in [6.07, 6.45) is -6.05. The fourth-order valence-electron chi connectivity index (χ4n) is 3.65. The summed E-state index contributed by atoms with van der Waals surface area (Å²) in [7, 11) is 0. The van der Waals surface area contributed by atoms with E-state index in [9.17, 15) is 33.0 Å². The average molecular weight is 437 g/mol. The van der Waals surface area contributed by atoms with Crippen molar-refractivity contribution in [1.29, 1.82) is 0 Å². The van der Waals surface area contributed by atoms with Crippen LogP contribution in [0, 0.1) is 0 Å². The Hall–Kier alpha value is -2.04. The molecule has 0 bridgehead atoms. The Morgan fingerprint density at radius 2 is 1.97 bits per heavy atom. The molecule has 11 heteroatoms. The van der Waals surface area contributed by atoms with Gasteiger partial charge < -0.3 is 19.8 Å². The molecule has 0 saturated carbocycles. The number of nitrogens with zero attached hydrogens (tertiary/aromatic N) is 2. The van der Waals surface area contributed by atoms with E-state index in [1.807, 2.05) is 0 Å². The number of hydrogen-bond acceptors (Lipinski definition) is 4. The molecular weight excluding hydrogens is 417 g/mol. The van der Waals surface area contributed by atoms with Crippen molar-refractivity contribution in [2.45, 2.75) is 37.7 Å². The molecule has 1 aromatic carbocycles. The molecule has 2 atom stereocenters. The summed E-state index contributed by atoms with van der Waals surface area (Å²) in [6, 6.07) is 2.50. The number of rotatable bonds is 2. The first-order chi connectivity index (χ1) is 13.4. The molecule has 2 N–H and O–H groups in total. The number of morpholine rings is 1. The smallest absolute Gasteiger partial charge is 0.426 e. The van der Waals surface area contributed by atoms with Gasteiger partial charge >= 0.3 is 12.3 Å². The third-order valence-corrected chi connectivity index (χ3v) is 5.55. The van der Waals surface area contributed by atoms with Crippen molar-refractivity contribution >= 4 is 23.6 Å². The van der Waals surface area contributed by atoms with Gasteiger partial charge in [0.05, 0.1) is 19.3 Å². The standard InChI is InChI=1S/C18H20ClF3N2O5/c1-17(28,18(20,21)22)15(25)23-3-2-10-6-11(19)7-12(13(10)8-23)14-9-29-5-4-24(14)16(26)27/h6-7,14,28H,2-5,8-9H2,1H3,(H,26,27)/t14-,17-/m0/s1. The normalized spacial score (nSPS) is 22.1. The predicted octanol–water partition coefficient (Wildman–Crippen LogP) is 2.59. The van der Waals surface area contributed by atoms with Gasteiger partial charge in [-0.05, 0) is 42.2 Å². The van der Waals surface area contributed by atoms with E-state index in [1.165, 1.54) is 4.90 Å². The summed E-state index contributed by atoms with van der Waals surface area (Å²) in [5, 5.41) is 19.6. The van der Waals surface area contributed by atoms with Crippen LogP contribution < -0.4 is 0 Å². The Morgan fingerprint density at radius 3 is 2.59 bits per heavy atom. The zero-order valence-corrected chi connectivity index (χ0v) is 16.3. The van der Waals surface area contributed by atoms with Gasteiger partial charge in [-0.15, -0.1) is 0 Å². The first-order valence-electron chi connectivity index (χ1n) is 8.90. The first-order valence-corrected chi connectivity index (χ1v) is 9.28. The van der Waals surface area contributed by atoms with Crippen LogP contribution in [0.5, 0.6) is 0 Å². The molecule has 160 valence electrons. The number of carbonyl (C=O) groups excluding carboxylic acids is 1. The number of ether oxygens (including phenoxy) is 1. The average Bonchev–Trinajstić information content (AvgIpc) is 2.65. The van der Waals surface area contributed by atoms with Crippen molar-refractivity contribution in [2.24, 2.45) is 0 Å². The van der Waals surface area contributed by atoms with Crippen LogP contribution in [-0.4, -0.2) is 70.1 Å². The van der Waals surface area contributed by atoms with E-state index in [2.05, 4.69) is 0 Å². The molecule has 7 nitrogen and oxygen atoms in total. The highest BCUT2D eigenvalue weighted by atomic mass is 35.5. The Balaban J connectivity index is 1.98. The van der Waals surface area contributed by atoms with Gasteiger partial charge in [0.2, 0.25) is 5.60 Å². The van der Waals surface area contributed by atoms with Crippen LogP contribution in [-0.2, 0) is 22.5 Å². The number of halogens is 4. The number of carboxylic acid groups (broad SMARTS) is 1. The lowest BCUT2D eigenvalue weighted by molar-refractivity contribution is -0.250. The van der Waals surface area contributed by atoms with E-state index in [1.54, 1.807) is 12.1 Å². The number of carbonyl (C=O) groups is 2. The number of fused-ring (bicyclic) bond motifs is 1. The maximum atomic E-state index is 13.1. The van der Waals surface area contributed by atoms with Gasteiger partial charge in [-0.3, -0.25) is 9.69 Å². The van der Waals surface area contributed by atoms with Gasteiger partial charge in [0.25, 0.3) is 5.91 Å². The maximum absolute atomic E-state index is 13.1. The van der Waals surface area contributed by atoms with E-state index >= 15 is 0 Å². The predicted molar refractivity (Wildman–Crippen MR) is 95.5 cm³/mol. The molecule has 0 spiro atoms. The zero-order chi connectivity index (χ0) is 21.6. The summed E-state index contributed by atoms with van der Waals surface area (Å²) in [5.41, 5.74) is -1.79. The molecule has 1 saturated heterocycles. The fourth-order valence-corrected chi connectivity index (χ4v) is 3.90. The molecule has 2 amide bonds. The van der Waals surface area contributed by atoms with Gasteiger partial charge in [-0.25, -0.2) is 4.79 Å². The highest BCUT2D eigenvalue weighted by Crippen LogP contribution is 2.37. The zero-order valence-electron chi connectivity index (χ0n) is 15.5. The van der Waals surface area contributed by atoms with Crippen LogP contribution in [0.1, 0.15) is 29.7 Å². The van der Waals surface area contributed by atoms with Crippen molar-refractivity contribution < 1.29 is 37.7 Å². The fraction of sp³-hybridized carbons (Fsp3) is 0.556. The number of benzene rings is 1. The Morgan fingerprint density at radius 1 is 1.28 bits per heavy atom. The second-order valence-electron chi connectivity index (χ2n) is 7.25. The Kier molecular flexibility index (Phi) is 5.72. The molecule has 1 aromatic rings. The molecule has 1 fully saturated rings. The quantitative estimate of drug-likeness (QED) is 0.743. The van der Waals surface area contributed by atoms with Crippen molar-refractivity contribution in [3.8, 4) is 0 Å². The largest absolute Gasteiger partial charge is 0.465 e. The molecule has 0 radical (unpaired) electrons. The Labute approximate surface area is 169 Å². The molecular formula is C18H20ClF3N2O5. The van der Waals surface area contributed by atoms with E-state index in [4.69, 9.17) is 16.3 Å². The minimum absolute atomic E-state index is 0.0261. The van der Waals surface area contributed by atoms with E-state index in [0.717, 1.165) is 10.5 Å². The van der Waals surface area contributed by atoms with E-state index in [0.29, 0.717) is 23.1 Å². The Bertz CT molecular complexity index is 830. The summed E-state index contributed by atoms with van der Waals surface area (Å²) in [4.78, 5) is 26.1. The van der Waals surface area contributed by atoms with Crippen LogP contribution in [0.3, 0.4) is 0 Å². The van der Waals surface area contributed by atoms with Crippen LogP contribution in [0.4, 0.5) is 18.0 Å². The maximum Gasteiger partial charge on any atom is 0.426 e. The van der Waals surface area contributed by atoms with E-state index in [-0.39, 0.29) is 39.3 Å². The molecule has 3 rings (SSSR count). The van der Waals surface area contributed by atoms with Gasteiger partial charge in [-0.1, -0.05) is 11.6 Å². The number of amides is 2. The van der Waals surface area contributed by atoms with Gasteiger partial charge in [0.1, 0.15) is 0 Å². The molecule has 0 unspecified atom stereocenters. The van der Waals surface area contributed by atoms with Crippen LogP contribution in [0.15, 0.2) is 12.1 Å². The topological polar surface area (TPSA) is 90.3 Å². The summed E-state index contributed by atoms with van der Waals surface area (Å²) < 4.78 is 44.7. The molecule has 2 heterocycles. The second-order valence-corrected chi connectivity index (χ2v) is 7.68. The lowest BCUT2D eigenvalue weighted by Gasteiger charge is -2.39. The highest BCUT2D eigenvalue weighted by Gasteiger charge is 2.57. The summed E-state index contributed by atoms with van der Waals surface area (Å²) in [5.74, 6) is -1.45. The van der Waals surface area contributed by atoms with Crippen LogP contribution in [0.2, 0.25) is 5.02 Å². The lowest BCUT2D eigenvalue weighted by atomic mass is 9.89. The minimum Gasteiger partial charge on any atom is -0.465 e. The van der Waals surface area contributed by atoms with Crippen molar-refractivity contribution in [2.75, 3.05) is 26.3 Å². The number of hydrogen-bond donors (Lipinski definition) is 2. The van der Waals surface area contributed by atoms with Crippen LogP contribution in [0.25, 0.3) is 0 Å². The third-order valence-electron chi connectivity index (χ3n) is 5.33. The van der Waals surface area contributed by atoms with E-state index < -0.39 is 29.8 Å². The molecule has 2 aliphatic heterocycles. The molecule has 0 aromatic heterocycles. The molecule has 29 heavy (non-hydrogen) atoms. The molecule has 2 aliphatic rings.